The Morgan fingerprint density at radius 2 is 1.50 bits per heavy atom. The van der Waals surface area contributed by atoms with Crippen molar-refractivity contribution in [3.05, 3.63) is 71.3 Å². The highest BCUT2D eigenvalue weighted by Crippen LogP contribution is 2.25. The lowest BCUT2D eigenvalue weighted by Crippen LogP contribution is -2.40. The number of nitrogens with zero attached hydrogens (tertiary/aromatic N) is 1. The molecule has 1 amide bonds. The van der Waals surface area contributed by atoms with Gasteiger partial charge in [0.05, 0.1) is 0 Å². The van der Waals surface area contributed by atoms with E-state index in [0.717, 1.165) is 37.5 Å². The number of piperidine rings is 1. The Balaban J connectivity index is 1.88. The van der Waals surface area contributed by atoms with Crippen LogP contribution in [0.15, 0.2) is 48.5 Å². The van der Waals surface area contributed by atoms with E-state index in [4.69, 9.17) is 4.74 Å². The van der Waals surface area contributed by atoms with E-state index in [1.165, 1.54) is 0 Å². The molecular formula is C20H19F2NO3. The van der Waals surface area contributed by atoms with Gasteiger partial charge in [-0.3, -0.25) is 4.79 Å². The minimum absolute atomic E-state index is 0.374. The molecule has 4 nitrogen and oxygen atoms in total. The van der Waals surface area contributed by atoms with Crippen LogP contribution in [0.1, 0.15) is 41.3 Å². The lowest BCUT2D eigenvalue weighted by atomic mass is 10.1. The Bertz CT molecular complexity index is 769. The first kappa shape index (κ1) is 18.0. The van der Waals surface area contributed by atoms with Crippen LogP contribution in [0.4, 0.5) is 8.78 Å². The third kappa shape index (κ3) is 3.90. The van der Waals surface area contributed by atoms with E-state index in [1.807, 2.05) is 0 Å². The Morgan fingerprint density at radius 1 is 0.885 bits per heavy atom. The fraction of sp³-hybridized carbons (Fsp3) is 0.300. The predicted molar refractivity (Wildman–Crippen MR) is 91.4 cm³/mol. The van der Waals surface area contributed by atoms with Crippen molar-refractivity contribution >= 4 is 11.9 Å². The summed E-state index contributed by atoms with van der Waals surface area (Å²) < 4.78 is 33.0. The Kier molecular flexibility index (Phi) is 5.61. The molecule has 0 N–H and O–H groups in total. The van der Waals surface area contributed by atoms with Crippen LogP contribution < -0.4 is 0 Å². The Labute approximate surface area is 150 Å². The number of carbonyl (C=O) groups is 2. The first-order chi connectivity index (χ1) is 12.6. The zero-order valence-electron chi connectivity index (χ0n) is 14.2. The molecule has 2 aromatic carbocycles. The Hall–Kier alpha value is -2.76. The molecule has 0 aliphatic carbocycles. The van der Waals surface area contributed by atoms with E-state index in [0.29, 0.717) is 18.7 Å². The van der Waals surface area contributed by atoms with Crippen molar-refractivity contribution in [2.24, 2.45) is 0 Å². The van der Waals surface area contributed by atoms with Gasteiger partial charge in [0, 0.05) is 18.7 Å². The molecule has 3 rings (SSSR count). The maximum atomic E-state index is 13.9. The second kappa shape index (κ2) is 8.08. The highest BCUT2D eigenvalue weighted by atomic mass is 19.1. The van der Waals surface area contributed by atoms with Crippen LogP contribution in [-0.2, 0) is 9.53 Å². The number of benzene rings is 2. The number of halogens is 2. The van der Waals surface area contributed by atoms with Crippen LogP contribution in [0, 0.1) is 11.6 Å². The van der Waals surface area contributed by atoms with Gasteiger partial charge in [-0.2, -0.15) is 0 Å². The number of amides is 1. The van der Waals surface area contributed by atoms with Gasteiger partial charge in [-0.1, -0.05) is 36.4 Å². The van der Waals surface area contributed by atoms with Crippen LogP contribution in [-0.4, -0.2) is 29.9 Å². The summed E-state index contributed by atoms with van der Waals surface area (Å²) in [6.07, 6.45) is 1.56. The van der Waals surface area contributed by atoms with Gasteiger partial charge in [-0.25, -0.2) is 13.6 Å². The van der Waals surface area contributed by atoms with E-state index in [2.05, 4.69) is 0 Å². The molecule has 0 bridgehead atoms. The molecule has 136 valence electrons. The topological polar surface area (TPSA) is 46.6 Å². The van der Waals surface area contributed by atoms with E-state index in [9.17, 15) is 18.4 Å². The van der Waals surface area contributed by atoms with E-state index >= 15 is 0 Å². The van der Waals surface area contributed by atoms with Gasteiger partial charge in [0.2, 0.25) is 6.10 Å². The molecule has 6 heteroatoms. The molecule has 26 heavy (non-hydrogen) atoms. The van der Waals surface area contributed by atoms with Crippen LogP contribution in [0.25, 0.3) is 0 Å². The van der Waals surface area contributed by atoms with Crippen molar-refractivity contribution in [3.8, 4) is 0 Å². The molecule has 1 fully saturated rings. The van der Waals surface area contributed by atoms with Gasteiger partial charge in [0.25, 0.3) is 5.91 Å². The Morgan fingerprint density at radius 3 is 2.12 bits per heavy atom. The maximum Gasteiger partial charge on any atom is 0.345 e. The summed E-state index contributed by atoms with van der Waals surface area (Å²) in [5, 5.41) is 0. The van der Waals surface area contributed by atoms with Gasteiger partial charge < -0.3 is 9.64 Å². The summed E-state index contributed by atoms with van der Waals surface area (Å²) in [5.41, 5.74) is -0.326. The van der Waals surface area contributed by atoms with E-state index < -0.39 is 29.3 Å². The minimum Gasteiger partial charge on any atom is -0.444 e. The van der Waals surface area contributed by atoms with Gasteiger partial charge in [-0.15, -0.1) is 0 Å². The monoisotopic (exact) mass is 359 g/mol. The molecule has 0 unspecified atom stereocenters. The first-order valence-corrected chi connectivity index (χ1v) is 8.56. The summed E-state index contributed by atoms with van der Waals surface area (Å²) in [6, 6.07) is 11.6. The molecule has 0 spiro atoms. The van der Waals surface area contributed by atoms with Crippen LogP contribution in [0.3, 0.4) is 0 Å². The number of carbonyl (C=O) groups excluding carboxylic acids is 2. The number of esters is 1. The van der Waals surface area contributed by atoms with Gasteiger partial charge >= 0.3 is 5.97 Å². The predicted octanol–water partition coefficient (Wildman–Crippen LogP) is 3.88. The molecule has 1 saturated heterocycles. The highest BCUT2D eigenvalue weighted by Gasteiger charge is 2.32. The molecule has 0 aromatic heterocycles. The third-order valence-corrected chi connectivity index (χ3v) is 4.39. The average Bonchev–Trinajstić information content (AvgIpc) is 2.67. The molecule has 1 aliphatic heterocycles. The quantitative estimate of drug-likeness (QED) is 0.779. The van der Waals surface area contributed by atoms with Gasteiger partial charge in [0.15, 0.2) is 0 Å². The van der Waals surface area contributed by atoms with Crippen molar-refractivity contribution in [2.45, 2.75) is 25.4 Å². The van der Waals surface area contributed by atoms with Gasteiger partial charge in [-0.05, 0) is 31.4 Å². The lowest BCUT2D eigenvalue weighted by Gasteiger charge is -2.30. The summed E-state index contributed by atoms with van der Waals surface area (Å²) in [7, 11) is 0. The highest BCUT2D eigenvalue weighted by molar-refractivity contribution is 5.93. The molecule has 1 heterocycles. The molecule has 2 aromatic rings. The summed E-state index contributed by atoms with van der Waals surface area (Å²) in [5.74, 6) is -3.61. The normalized spacial score (nSPS) is 15.4. The fourth-order valence-electron chi connectivity index (χ4n) is 3.03. The molecule has 1 atom stereocenters. The number of ether oxygens (including phenoxy) is 1. The largest absolute Gasteiger partial charge is 0.444 e. The number of likely N-dealkylation sites (tertiary alicyclic amines) is 1. The maximum absolute atomic E-state index is 13.9. The molecule has 0 radical (unpaired) electrons. The summed E-state index contributed by atoms with van der Waals surface area (Å²) in [6.45, 7) is 1.15. The zero-order chi connectivity index (χ0) is 18.5. The molecule has 0 saturated carbocycles. The average molecular weight is 359 g/mol. The van der Waals surface area contributed by atoms with Crippen molar-refractivity contribution in [3.63, 3.8) is 0 Å². The van der Waals surface area contributed by atoms with Crippen LogP contribution in [0.2, 0.25) is 0 Å². The number of hydrogen-bond donors (Lipinski definition) is 0. The van der Waals surface area contributed by atoms with E-state index in [1.54, 1.807) is 35.2 Å². The molecule has 1 aliphatic rings. The summed E-state index contributed by atoms with van der Waals surface area (Å²) in [4.78, 5) is 26.9. The standard InChI is InChI=1S/C20H19F2NO3/c21-15-10-7-11-16(22)17(15)20(25)26-18(14-8-3-1-4-9-14)19(24)23-12-5-2-6-13-23/h1,3-4,7-11,18H,2,5-6,12-13H2/t18-/m1/s1. The van der Waals surface area contributed by atoms with Crippen LogP contribution >= 0.6 is 0 Å². The second-order valence-corrected chi connectivity index (χ2v) is 6.18. The van der Waals surface area contributed by atoms with Crippen molar-refractivity contribution in [1.29, 1.82) is 0 Å². The zero-order valence-corrected chi connectivity index (χ0v) is 14.2. The van der Waals surface area contributed by atoms with Crippen molar-refractivity contribution in [1.82, 2.24) is 4.90 Å². The second-order valence-electron chi connectivity index (χ2n) is 6.18. The van der Waals surface area contributed by atoms with Crippen molar-refractivity contribution in [2.75, 3.05) is 13.1 Å². The smallest absolute Gasteiger partial charge is 0.345 e. The minimum atomic E-state index is -1.24. The lowest BCUT2D eigenvalue weighted by molar-refractivity contribution is -0.142. The van der Waals surface area contributed by atoms with E-state index in [-0.39, 0.29) is 5.91 Å². The van der Waals surface area contributed by atoms with Crippen LogP contribution in [0.5, 0.6) is 0 Å². The van der Waals surface area contributed by atoms with Gasteiger partial charge in [0.1, 0.15) is 17.2 Å². The van der Waals surface area contributed by atoms with Crippen molar-refractivity contribution < 1.29 is 23.1 Å². The molecular weight excluding hydrogens is 340 g/mol. The summed E-state index contributed by atoms with van der Waals surface area (Å²) >= 11 is 0. The fourth-order valence-corrected chi connectivity index (χ4v) is 3.03. The third-order valence-electron chi connectivity index (χ3n) is 4.39. The number of rotatable bonds is 4. The number of hydrogen-bond acceptors (Lipinski definition) is 3. The SMILES string of the molecule is O=C(O[C@@H](C(=O)N1CCCCC1)c1ccccc1)c1c(F)cccc1F. The first-order valence-electron chi connectivity index (χ1n) is 8.56.